The van der Waals surface area contributed by atoms with Gasteiger partial charge in [0.1, 0.15) is 5.75 Å². The van der Waals surface area contributed by atoms with E-state index in [1.807, 2.05) is 60.7 Å². The summed E-state index contributed by atoms with van der Waals surface area (Å²) in [5, 5.41) is 22.9. The van der Waals surface area contributed by atoms with Gasteiger partial charge in [0, 0.05) is 18.7 Å². The normalized spacial score (nSPS) is 16.5. The van der Waals surface area contributed by atoms with Crippen LogP contribution in [0.15, 0.2) is 72.8 Å². The van der Waals surface area contributed by atoms with Gasteiger partial charge >= 0.3 is 5.97 Å². The average Bonchev–Trinajstić information content (AvgIpc) is 2.82. The molecule has 6 heteroatoms. The maximum absolute atomic E-state index is 13.0. The highest BCUT2D eigenvalue weighted by molar-refractivity contribution is 5.98. The van der Waals surface area contributed by atoms with Crippen LogP contribution in [0.2, 0.25) is 0 Å². The highest BCUT2D eigenvalue weighted by atomic mass is 16.5. The number of rotatable bonds is 7. The standard InChI is InChI=1S/C26H27NO5/c28-24(21-11-10-19-6-4-5-7-20(19)18-21)27-15-13-26(31,14-16-27)23(25(29)30)12-17-32-22-8-2-1-3-9-22/h1-11,18,23,31H,12-17H2,(H,29,30). The Morgan fingerprint density at radius 2 is 1.59 bits per heavy atom. The van der Waals surface area contributed by atoms with E-state index in [1.165, 1.54) is 0 Å². The highest BCUT2D eigenvalue weighted by Crippen LogP contribution is 2.33. The van der Waals surface area contributed by atoms with Gasteiger partial charge in [0.15, 0.2) is 0 Å². The molecule has 0 bridgehead atoms. The van der Waals surface area contributed by atoms with Crippen LogP contribution in [0.1, 0.15) is 29.6 Å². The van der Waals surface area contributed by atoms with Crippen molar-refractivity contribution in [2.24, 2.45) is 5.92 Å². The van der Waals surface area contributed by atoms with Crippen molar-refractivity contribution in [2.45, 2.75) is 24.9 Å². The number of piperidine rings is 1. The molecule has 2 N–H and O–H groups in total. The lowest BCUT2D eigenvalue weighted by atomic mass is 9.77. The van der Waals surface area contributed by atoms with Crippen molar-refractivity contribution in [3.8, 4) is 5.75 Å². The summed E-state index contributed by atoms with van der Waals surface area (Å²) >= 11 is 0. The van der Waals surface area contributed by atoms with Gasteiger partial charge in [-0.2, -0.15) is 0 Å². The van der Waals surface area contributed by atoms with Gasteiger partial charge in [-0.25, -0.2) is 0 Å². The second kappa shape index (κ2) is 9.40. The van der Waals surface area contributed by atoms with Crippen LogP contribution in [0, 0.1) is 5.92 Å². The fourth-order valence-electron chi connectivity index (χ4n) is 4.38. The molecule has 1 unspecified atom stereocenters. The molecule has 0 aromatic heterocycles. The van der Waals surface area contributed by atoms with Gasteiger partial charge in [0.2, 0.25) is 0 Å². The molecule has 0 radical (unpaired) electrons. The Hall–Kier alpha value is -3.38. The first-order chi connectivity index (χ1) is 15.5. The molecule has 0 saturated carbocycles. The monoisotopic (exact) mass is 433 g/mol. The summed E-state index contributed by atoms with van der Waals surface area (Å²) in [7, 11) is 0. The second-order valence-electron chi connectivity index (χ2n) is 8.30. The minimum Gasteiger partial charge on any atom is -0.494 e. The molecule has 3 aromatic carbocycles. The quantitative estimate of drug-likeness (QED) is 0.589. The molecule has 1 saturated heterocycles. The summed E-state index contributed by atoms with van der Waals surface area (Å²) < 4.78 is 5.64. The van der Waals surface area contributed by atoms with Crippen LogP contribution in [-0.2, 0) is 4.79 Å². The lowest BCUT2D eigenvalue weighted by Crippen LogP contribution is -2.52. The third-order valence-corrected chi connectivity index (χ3v) is 6.28. The van der Waals surface area contributed by atoms with Crippen molar-refractivity contribution in [2.75, 3.05) is 19.7 Å². The minimum absolute atomic E-state index is 0.0999. The number of aliphatic carboxylic acids is 1. The zero-order valence-electron chi connectivity index (χ0n) is 17.8. The maximum Gasteiger partial charge on any atom is 0.309 e. The number of carboxylic acid groups (broad SMARTS) is 1. The van der Waals surface area contributed by atoms with Crippen LogP contribution in [0.25, 0.3) is 10.8 Å². The molecule has 32 heavy (non-hydrogen) atoms. The summed E-state index contributed by atoms with van der Waals surface area (Å²) in [4.78, 5) is 26.6. The van der Waals surface area contributed by atoms with Crippen LogP contribution >= 0.6 is 0 Å². The van der Waals surface area contributed by atoms with Gasteiger partial charge in [-0.1, -0.05) is 48.5 Å². The Morgan fingerprint density at radius 1 is 0.938 bits per heavy atom. The molecule has 3 aromatic rings. The summed E-state index contributed by atoms with van der Waals surface area (Å²) in [6.07, 6.45) is 0.628. The molecule has 4 rings (SSSR count). The van der Waals surface area contributed by atoms with E-state index in [1.54, 1.807) is 17.0 Å². The van der Waals surface area contributed by atoms with E-state index in [2.05, 4.69) is 0 Å². The van der Waals surface area contributed by atoms with E-state index < -0.39 is 17.5 Å². The molecular weight excluding hydrogens is 406 g/mol. The molecule has 1 heterocycles. The molecule has 1 aliphatic heterocycles. The van der Waals surface area contributed by atoms with Crippen molar-refractivity contribution in [1.82, 2.24) is 4.90 Å². The first kappa shape index (κ1) is 21.8. The number of para-hydroxylation sites is 1. The number of carbonyl (C=O) groups excluding carboxylic acids is 1. The van der Waals surface area contributed by atoms with Gasteiger partial charge in [0.25, 0.3) is 5.91 Å². The summed E-state index contributed by atoms with van der Waals surface area (Å²) in [6, 6.07) is 22.7. The van der Waals surface area contributed by atoms with Crippen LogP contribution < -0.4 is 4.74 Å². The number of hydrogen-bond acceptors (Lipinski definition) is 4. The van der Waals surface area contributed by atoms with Gasteiger partial charge in [-0.05, 0) is 54.3 Å². The SMILES string of the molecule is O=C(O)C(CCOc1ccccc1)C1(O)CCN(C(=O)c2ccc3ccccc3c2)CC1. The van der Waals surface area contributed by atoms with Crippen LogP contribution in [0.4, 0.5) is 0 Å². The third kappa shape index (κ3) is 4.75. The number of benzene rings is 3. The van der Waals surface area contributed by atoms with Gasteiger partial charge in [-0.3, -0.25) is 9.59 Å². The van der Waals surface area contributed by atoms with E-state index >= 15 is 0 Å². The van der Waals surface area contributed by atoms with Gasteiger partial charge in [-0.15, -0.1) is 0 Å². The largest absolute Gasteiger partial charge is 0.494 e. The highest BCUT2D eigenvalue weighted by Gasteiger charge is 2.44. The molecule has 1 atom stereocenters. The van der Waals surface area contributed by atoms with Crippen LogP contribution in [0.5, 0.6) is 5.75 Å². The Labute approximate surface area is 187 Å². The zero-order chi connectivity index (χ0) is 22.6. The minimum atomic E-state index is -1.37. The second-order valence-corrected chi connectivity index (χ2v) is 8.30. The fraction of sp³-hybridized carbons (Fsp3) is 0.308. The molecule has 1 fully saturated rings. The smallest absolute Gasteiger partial charge is 0.309 e. The zero-order valence-corrected chi connectivity index (χ0v) is 17.8. The Balaban J connectivity index is 1.38. The number of nitrogens with zero attached hydrogens (tertiary/aromatic N) is 1. The molecular formula is C26H27NO5. The fourth-order valence-corrected chi connectivity index (χ4v) is 4.38. The van der Waals surface area contributed by atoms with Crippen molar-refractivity contribution in [3.05, 3.63) is 78.4 Å². The topological polar surface area (TPSA) is 87.1 Å². The van der Waals surface area contributed by atoms with Gasteiger partial charge in [0.05, 0.1) is 18.1 Å². The first-order valence-corrected chi connectivity index (χ1v) is 10.9. The lowest BCUT2D eigenvalue weighted by molar-refractivity contribution is -0.156. The summed E-state index contributed by atoms with van der Waals surface area (Å²) in [6.45, 7) is 0.819. The number of fused-ring (bicyclic) bond motifs is 1. The van der Waals surface area contributed by atoms with E-state index in [9.17, 15) is 19.8 Å². The Morgan fingerprint density at radius 3 is 2.28 bits per heavy atom. The number of ether oxygens (including phenoxy) is 1. The predicted molar refractivity (Wildman–Crippen MR) is 122 cm³/mol. The number of carboxylic acids is 1. The van der Waals surface area contributed by atoms with E-state index in [-0.39, 0.29) is 31.8 Å². The van der Waals surface area contributed by atoms with Crippen molar-refractivity contribution >= 4 is 22.6 Å². The molecule has 166 valence electrons. The molecule has 1 aliphatic rings. The van der Waals surface area contributed by atoms with Crippen molar-refractivity contribution < 1.29 is 24.5 Å². The van der Waals surface area contributed by atoms with Crippen molar-refractivity contribution in [3.63, 3.8) is 0 Å². The molecule has 0 spiro atoms. The number of amides is 1. The number of aliphatic hydroxyl groups is 1. The average molecular weight is 434 g/mol. The van der Waals surface area contributed by atoms with Crippen molar-refractivity contribution in [1.29, 1.82) is 0 Å². The Kier molecular flexibility index (Phi) is 6.42. The predicted octanol–water partition coefficient (Wildman–Crippen LogP) is 3.98. The third-order valence-electron chi connectivity index (χ3n) is 6.28. The lowest BCUT2D eigenvalue weighted by Gasteiger charge is -2.41. The molecule has 1 amide bonds. The van der Waals surface area contributed by atoms with Crippen LogP contribution in [-0.4, -0.2) is 52.3 Å². The Bertz CT molecular complexity index is 1090. The number of hydrogen-bond donors (Lipinski definition) is 2. The molecule has 0 aliphatic carbocycles. The van der Waals surface area contributed by atoms with Gasteiger partial charge < -0.3 is 19.8 Å². The van der Waals surface area contributed by atoms with Crippen LogP contribution in [0.3, 0.4) is 0 Å². The van der Waals surface area contributed by atoms with E-state index in [4.69, 9.17) is 4.74 Å². The van der Waals surface area contributed by atoms with E-state index in [0.717, 1.165) is 10.8 Å². The maximum atomic E-state index is 13.0. The number of carbonyl (C=O) groups is 2. The number of likely N-dealkylation sites (tertiary alicyclic amines) is 1. The first-order valence-electron chi connectivity index (χ1n) is 10.9. The van der Waals surface area contributed by atoms with E-state index in [0.29, 0.717) is 24.4 Å². The summed E-state index contributed by atoms with van der Waals surface area (Å²) in [5.74, 6) is -1.43. The molecule has 6 nitrogen and oxygen atoms in total. The summed E-state index contributed by atoms with van der Waals surface area (Å²) in [5.41, 5.74) is -0.772.